The van der Waals surface area contributed by atoms with Crippen LogP contribution in [0.15, 0.2) is 48.5 Å². The molecule has 1 aromatic heterocycles. The Bertz CT molecular complexity index is 895. The van der Waals surface area contributed by atoms with Crippen LogP contribution in [0.3, 0.4) is 0 Å². The summed E-state index contributed by atoms with van der Waals surface area (Å²) >= 11 is 5.98. The normalized spacial score (nSPS) is 11.5. The van der Waals surface area contributed by atoms with Gasteiger partial charge in [0.1, 0.15) is 11.6 Å². The maximum Gasteiger partial charge on any atom is 0.145 e. The standard InChI is InChI=1S/C22H28ClN5/c1-27(2)14-6-13-24-22-19-7-4-5-8-20(19)25-21(26-22)16-28(3)15-17-9-11-18(23)12-10-17/h4-5,7-12H,6,13-16H2,1-3H3,(H,24,25,26). The van der Waals surface area contributed by atoms with Crippen molar-refractivity contribution in [2.45, 2.75) is 19.5 Å². The average Bonchev–Trinajstić information content (AvgIpc) is 2.66. The molecule has 0 bridgehead atoms. The van der Waals surface area contributed by atoms with Crippen LogP contribution in [0, 0.1) is 0 Å². The molecule has 148 valence electrons. The SMILES string of the molecule is CN(C)CCCNc1nc(CN(C)Cc2ccc(Cl)cc2)nc2ccccc12. The number of fused-ring (bicyclic) bond motifs is 1. The Labute approximate surface area is 172 Å². The van der Waals surface area contributed by atoms with Crippen molar-refractivity contribution in [3.8, 4) is 0 Å². The summed E-state index contributed by atoms with van der Waals surface area (Å²) in [5.74, 6) is 1.74. The average molecular weight is 398 g/mol. The van der Waals surface area contributed by atoms with E-state index >= 15 is 0 Å². The fraction of sp³-hybridized carbons (Fsp3) is 0.364. The van der Waals surface area contributed by atoms with Gasteiger partial charge in [-0.05, 0) is 63.9 Å². The number of hydrogen-bond acceptors (Lipinski definition) is 5. The van der Waals surface area contributed by atoms with Gasteiger partial charge in [-0.3, -0.25) is 4.90 Å². The van der Waals surface area contributed by atoms with Crippen molar-refractivity contribution in [2.75, 3.05) is 39.5 Å². The van der Waals surface area contributed by atoms with Crippen LogP contribution in [0.1, 0.15) is 17.8 Å². The first-order chi connectivity index (χ1) is 13.5. The van der Waals surface area contributed by atoms with Crippen molar-refractivity contribution in [1.82, 2.24) is 19.8 Å². The highest BCUT2D eigenvalue weighted by Crippen LogP contribution is 2.21. The van der Waals surface area contributed by atoms with E-state index in [2.05, 4.69) is 54.5 Å². The van der Waals surface area contributed by atoms with Gasteiger partial charge >= 0.3 is 0 Å². The lowest BCUT2D eigenvalue weighted by Gasteiger charge is -2.17. The zero-order valence-electron chi connectivity index (χ0n) is 16.8. The minimum atomic E-state index is 0.680. The van der Waals surface area contributed by atoms with E-state index in [0.717, 1.165) is 53.6 Å². The Morgan fingerprint density at radius 2 is 1.68 bits per heavy atom. The highest BCUT2D eigenvalue weighted by molar-refractivity contribution is 6.30. The summed E-state index contributed by atoms with van der Waals surface area (Å²) in [5.41, 5.74) is 2.19. The van der Waals surface area contributed by atoms with Gasteiger partial charge in [0, 0.05) is 23.5 Å². The van der Waals surface area contributed by atoms with E-state index in [0.29, 0.717) is 6.54 Å². The molecule has 28 heavy (non-hydrogen) atoms. The first-order valence-corrected chi connectivity index (χ1v) is 9.96. The molecule has 0 atom stereocenters. The van der Waals surface area contributed by atoms with Crippen LogP contribution in [0.2, 0.25) is 5.02 Å². The second-order valence-electron chi connectivity index (χ2n) is 7.39. The largest absolute Gasteiger partial charge is 0.369 e. The number of benzene rings is 2. The van der Waals surface area contributed by atoms with Gasteiger partial charge in [0.15, 0.2) is 0 Å². The fourth-order valence-corrected chi connectivity index (χ4v) is 3.26. The zero-order valence-corrected chi connectivity index (χ0v) is 17.6. The van der Waals surface area contributed by atoms with Crippen molar-refractivity contribution >= 4 is 28.3 Å². The number of aromatic nitrogens is 2. The molecule has 0 saturated heterocycles. The molecule has 0 spiro atoms. The molecule has 0 aliphatic rings. The van der Waals surface area contributed by atoms with Crippen LogP contribution < -0.4 is 5.32 Å². The Balaban J connectivity index is 1.72. The number of anilines is 1. The molecule has 0 aliphatic heterocycles. The first kappa shape index (κ1) is 20.5. The lowest BCUT2D eigenvalue weighted by atomic mass is 10.2. The van der Waals surface area contributed by atoms with E-state index in [1.807, 2.05) is 30.3 Å². The van der Waals surface area contributed by atoms with Gasteiger partial charge < -0.3 is 10.2 Å². The zero-order chi connectivity index (χ0) is 19.9. The summed E-state index contributed by atoms with van der Waals surface area (Å²) in [4.78, 5) is 14.0. The number of hydrogen-bond donors (Lipinski definition) is 1. The van der Waals surface area contributed by atoms with Gasteiger partial charge in [0.05, 0.1) is 12.1 Å². The van der Waals surface area contributed by atoms with Gasteiger partial charge in [0.25, 0.3) is 0 Å². The molecule has 0 radical (unpaired) electrons. The number of rotatable bonds is 9. The third-order valence-electron chi connectivity index (χ3n) is 4.50. The molecule has 0 fully saturated rings. The van der Waals surface area contributed by atoms with Crippen molar-refractivity contribution < 1.29 is 0 Å². The quantitative estimate of drug-likeness (QED) is 0.546. The Kier molecular flexibility index (Phi) is 7.20. The van der Waals surface area contributed by atoms with E-state index in [-0.39, 0.29) is 0 Å². The predicted molar refractivity (Wildman–Crippen MR) is 118 cm³/mol. The lowest BCUT2D eigenvalue weighted by Crippen LogP contribution is -2.20. The third kappa shape index (κ3) is 5.89. The van der Waals surface area contributed by atoms with Crippen LogP contribution >= 0.6 is 11.6 Å². The van der Waals surface area contributed by atoms with Crippen molar-refractivity contribution in [1.29, 1.82) is 0 Å². The molecule has 5 nitrogen and oxygen atoms in total. The number of nitrogens with zero attached hydrogens (tertiary/aromatic N) is 4. The molecule has 3 aromatic rings. The molecule has 0 amide bonds. The van der Waals surface area contributed by atoms with E-state index in [1.54, 1.807) is 0 Å². The van der Waals surface area contributed by atoms with Gasteiger partial charge in [-0.2, -0.15) is 0 Å². The number of halogens is 1. The highest BCUT2D eigenvalue weighted by Gasteiger charge is 2.10. The second kappa shape index (κ2) is 9.82. The maximum atomic E-state index is 5.98. The third-order valence-corrected chi connectivity index (χ3v) is 4.75. The Morgan fingerprint density at radius 3 is 2.43 bits per heavy atom. The van der Waals surface area contributed by atoms with Crippen molar-refractivity contribution in [3.05, 3.63) is 64.9 Å². The van der Waals surface area contributed by atoms with Crippen LogP contribution in [-0.4, -0.2) is 54.0 Å². The predicted octanol–water partition coefficient (Wildman–Crippen LogP) is 4.28. The topological polar surface area (TPSA) is 44.3 Å². The highest BCUT2D eigenvalue weighted by atomic mass is 35.5. The minimum Gasteiger partial charge on any atom is -0.369 e. The summed E-state index contributed by atoms with van der Waals surface area (Å²) < 4.78 is 0. The summed E-state index contributed by atoms with van der Waals surface area (Å²) in [5, 5.41) is 5.33. The second-order valence-corrected chi connectivity index (χ2v) is 7.82. The summed E-state index contributed by atoms with van der Waals surface area (Å²) in [6.45, 7) is 3.44. The van der Waals surface area contributed by atoms with Crippen molar-refractivity contribution in [3.63, 3.8) is 0 Å². The summed E-state index contributed by atoms with van der Waals surface area (Å²) in [7, 11) is 6.26. The van der Waals surface area contributed by atoms with Gasteiger partial charge in [0.2, 0.25) is 0 Å². The molecule has 6 heteroatoms. The van der Waals surface area contributed by atoms with Gasteiger partial charge in [-0.15, -0.1) is 0 Å². The Morgan fingerprint density at radius 1 is 0.929 bits per heavy atom. The molecule has 0 aliphatic carbocycles. The van der Waals surface area contributed by atoms with Crippen molar-refractivity contribution in [2.24, 2.45) is 0 Å². The van der Waals surface area contributed by atoms with E-state index < -0.39 is 0 Å². The molecule has 1 N–H and O–H groups in total. The smallest absolute Gasteiger partial charge is 0.145 e. The van der Waals surface area contributed by atoms with Crippen LogP contribution in [0.4, 0.5) is 5.82 Å². The summed E-state index contributed by atoms with van der Waals surface area (Å²) in [6, 6.07) is 16.1. The Hall–Kier alpha value is -2.21. The molecule has 2 aromatic carbocycles. The van der Waals surface area contributed by atoms with Gasteiger partial charge in [-0.25, -0.2) is 9.97 Å². The molecular weight excluding hydrogens is 370 g/mol. The molecule has 3 rings (SSSR count). The summed E-state index contributed by atoms with van der Waals surface area (Å²) in [6.07, 6.45) is 1.07. The lowest BCUT2D eigenvalue weighted by molar-refractivity contribution is 0.311. The first-order valence-electron chi connectivity index (χ1n) is 9.58. The van der Waals surface area contributed by atoms with E-state index in [1.165, 1.54) is 5.56 Å². The van der Waals surface area contributed by atoms with Crippen LogP contribution in [-0.2, 0) is 13.1 Å². The molecule has 1 heterocycles. The molecule has 0 unspecified atom stereocenters. The minimum absolute atomic E-state index is 0.680. The molecule has 0 saturated carbocycles. The van der Waals surface area contributed by atoms with E-state index in [9.17, 15) is 0 Å². The maximum absolute atomic E-state index is 5.98. The monoisotopic (exact) mass is 397 g/mol. The number of nitrogens with one attached hydrogen (secondary N) is 1. The molecular formula is C22H28ClN5. The van der Waals surface area contributed by atoms with E-state index in [4.69, 9.17) is 21.6 Å². The fourth-order valence-electron chi connectivity index (χ4n) is 3.13. The van der Waals surface area contributed by atoms with Gasteiger partial charge in [-0.1, -0.05) is 35.9 Å². The number of para-hydroxylation sites is 1. The van der Waals surface area contributed by atoms with Crippen LogP contribution in [0.25, 0.3) is 10.9 Å². The van der Waals surface area contributed by atoms with Crippen LogP contribution in [0.5, 0.6) is 0 Å².